The molecule has 0 bridgehead atoms. The van der Waals surface area contributed by atoms with E-state index in [4.69, 9.17) is 9.84 Å². The highest BCUT2D eigenvalue weighted by atomic mass is 16.6. The Kier molecular flexibility index (Phi) is 3.45. The molecule has 16 heavy (non-hydrogen) atoms. The van der Waals surface area contributed by atoms with Crippen LogP contribution in [0.25, 0.3) is 0 Å². The second kappa shape index (κ2) is 4.31. The number of hydrogen-bond donors (Lipinski definition) is 1. The molecule has 5 heteroatoms. The summed E-state index contributed by atoms with van der Waals surface area (Å²) >= 11 is 0. The summed E-state index contributed by atoms with van der Waals surface area (Å²) in [5, 5.41) is 9.00. The van der Waals surface area contributed by atoms with Crippen molar-refractivity contribution in [3.63, 3.8) is 0 Å². The first-order chi connectivity index (χ1) is 7.22. The molecule has 1 fully saturated rings. The number of carboxylic acid groups (broad SMARTS) is 1. The predicted molar refractivity (Wildman–Crippen MR) is 58.2 cm³/mol. The van der Waals surface area contributed by atoms with Crippen LogP contribution in [0.3, 0.4) is 0 Å². The molecule has 1 rings (SSSR count). The standard InChI is InChI=1S/C11H19NO4/c1-7-5-6-8(9(13)14)12(7)10(15)16-11(2,3)4/h7-8H,5-6H2,1-4H3,(H,13,14)/t7-,8+/m0/s1. The Balaban J connectivity index is 2.76. The zero-order chi connectivity index (χ0) is 12.5. The number of nitrogens with zero attached hydrogens (tertiary/aromatic N) is 1. The molecule has 0 spiro atoms. The number of aliphatic carboxylic acids is 1. The summed E-state index contributed by atoms with van der Waals surface area (Å²) in [6, 6.07) is -0.819. The maximum Gasteiger partial charge on any atom is 0.411 e. The zero-order valence-electron chi connectivity index (χ0n) is 10.2. The van der Waals surface area contributed by atoms with Gasteiger partial charge in [0.25, 0.3) is 0 Å². The van der Waals surface area contributed by atoms with Crippen LogP contribution < -0.4 is 0 Å². The van der Waals surface area contributed by atoms with Crippen LogP contribution in [0, 0.1) is 0 Å². The van der Waals surface area contributed by atoms with Crippen molar-refractivity contribution in [2.45, 2.75) is 58.2 Å². The molecule has 0 aromatic carbocycles. The van der Waals surface area contributed by atoms with Gasteiger partial charge in [0.15, 0.2) is 0 Å². The molecule has 5 nitrogen and oxygen atoms in total. The fourth-order valence-corrected chi connectivity index (χ4v) is 1.85. The van der Waals surface area contributed by atoms with Crippen molar-refractivity contribution in [1.82, 2.24) is 4.90 Å². The lowest BCUT2D eigenvalue weighted by atomic mass is 10.2. The number of carboxylic acids is 1. The van der Waals surface area contributed by atoms with Gasteiger partial charge in [-0.05, 0) is 40.5 Å². The highest BCUT2D eigenvalue weighted by molar-refractivity contribution is 5.81. The Labute approximate surface area is 95.4 Å². The molecule has 0 aliphatic carbocycles. The summed E-state index contributed by atoms with van der Waals surface area (Å²) in [6.07, 6.45) is 0.663. The number of carbonyl (C=O) groups is 2. The molecule has 2 atom stereocenters. The van der Waals surface area contributed by atoms with Gasteiger partial charge in [-0.25, -0.2) is 9.59 Å². The Hall–Kier alpha value is -1.26. The van der Waals surface area contributed by atoms with Crippen molar-refractivity contribution in [2.24, 2.45) is 0 Å². The lowest BCUT2D eigenvalue weighted by molar-refractivity contribution is -0.142. The van der Waals surface area contributed by atoms with Gasteiger partial charge in [0.1, 0.15) is 11.6 Å². The maximum atomic E-state index is 11.8. The lowest BCUT2D eigenvalue weighted by Gasteiger charge is -2.29. The van der Waals surface area contributed by atoms with E-state index in [0.717, 1.165) is 0 Å². The molecule has 1 amide bonds. The van der Waals surface area contributed by atoms with Crippen molar-refractivity contribution >= 4 is 12.1 Å². The second-order valence-corrected chi connectivity index (χ2v) is 5.17. The summed E-state index contributed by atoms with van der Waals surface area (Å²) in [6.45, 7) is 7.14. The van der Waals surface area contributed by atoms with Gasteiger partial charge >= 0.3 is 12.1 Å². The maximum absolute atomic E-state index is 11.8. The third kappa shape index (κ3) is 2.87. The molecule has 1 aliphatic heterocycles. The van der Waals surface area contributed by atoms with E-state index in [1.54, 1.807) is 20.8 Å². The van der Waals surface area contributed by atoms with Crippen LogP contribution in [0.15, 0.2) is 0 Å². The van der Waals surface area contributed by atoms with Gasteiger partial charge in [-0.2, -0.15) is 0 Å². The SMILES string of the molecule is C[C@H]1CC[C@H](C(=O)O)N1C(=O)OC(C)(C)C. The number of amides is 1. The fourth-order valence-electron chi connectivity index (χ4n) is 1.85. The first-order valence-corrected chi connectivity index (χ1v) is 5.46. The quantitative estimate of drug-likeness (QED) is 0.745. The van der Waals surface area contributed by atoms with Crippen LogP contribution in [0.4, 0.5) is 4.79 Å². The topological polar surface area (TPSA) is 66.8 Å². The smallest absolute Gasteiger partial charge is 0.411 e. The van der Waals surface area contributed by atoms with E-state index in [1.165, 1.54) is 4.90 Å². The van der Waals surface area contributed by atoms with Gasteiger partial charge in [0.2, 0.25) is 0 Å². The van der Waals surface area contributed by atoms with Gasteiger partial charge in [-0.3, -0.25) is 4.90 Å². The molecule has 0 radical (unpaired) electrons. The van der Waals surface area contributed by atoms with E-state index in [2.05, 4.69) is 0 Å². The van der Waals surface area contributed by atoms with Crippen LogP contribution in [-0.2, 0) is 9.53 Å². The van der Waals surface area contributed by atoms with Gasteiger partial charge in [0, 0.05) is 6.04 Å². The summed E-state index contributed by atoms with van der Waals surface area (Å²) in [5.74, 6) is -0.963. The second-order valence-electron chi connectivity index (χ2n) is 5.17. The molecule has 1 N–H and O–H groups in total. The minimum atomic E-state index is -0.963. The number of likely N-dealkylation sites (tertiary alicyclic amines) is 1. The van der Waals surface area contributed by atoms with E-state index in [0.29, 0.717) is 12.8 Å². The van der Waals surface area contributed by atoms with Crippen LogP contribution in [0.5, 0.6) is 0 Å². The Morgan fingerprint density at radius 1 is 1.31 bits per heavy atom. The average Bonchev–Trinajstić information content (AvgIpc) is 2.43. The molecule has 1 aliphatic rings. The Morgan fingerprint density at radius 3 is 2.31 bits per heavy atom. The van der Waals surface area contributed by atoms with Crippen molar-refractivity contribution in [3.8, 4) is 0 Å². The van der Waals surface area contributed by atoms with Crippen molar-refractivity contribution in [2.75, 3.05) is 0 Å². The molecule has 0 unspecified atom stereocenters. The highest BCUT2D eigenvalue weighted by Crippen LogP contribution is 2.26. The number of carbonyl (C=O) groups excluding carboxylic acids is 1. The van der Waals surface area contributed by atoms with Crippen molar-refractivity contribution in [3.05, 3.63) is 0 Å². The average molecular weight is 229 g/mol. The zero-order valence-corrected chi connectivity index (χ0v) is 10.2. The van der Waals surface area contributed by atoms with Crippen LogP contribution >= 0.6 is 0 Å². The Morgan fingerprint density at radius 2 is 1.88 bits per heavy atom. The summed E-state index contributed by atoms with van der Waals surface area (Å²) < 4.78 is 5.20. The molecule has 92 valence electrons. The Bertz CT molecular complexity index is 295. The molecule has 0 aromatic heterocycles. The van der Waals surface area contributed by atoms with Gasteiger partial charge < -0.3 is 9.84 Å². The van der Waals surface area contributed by atoms with E-state index in [9.17, 15) is 9.59 Å². The molecule has 1 heterocycles. The molecular formula is C11H19NO4. The minimum absolute atomic E-state index is 0.0732. The van der Waals surface area contributed by atoms with Crippen molar-refractivity contribution < 1.29 is 19.4 Å². The monoisotopic (exact) mass is 229 g/mol. The molecule has 0 aromatic rings. The third-order valence-electron chi connectivity index (χ3n) is 2.56. The van der Waals surface area contributed by atoms with E-state index >= 15 is 0 Å². The number of ether oxygens (including phenoxy) is 1. The van der Waals surface area contributed by atoms with Gasteiger partial charge in [-0.1, -0.05) is 0 Å². The first-order valence-electron chi connectivity index (χ1n) is 5.46. The van der Waals surface area contributed by atoms with Gasteiger partial charge in [0.05, 0.1) is 0 Å². The van der Waals surface area contributed by atoms with Crippen LogP contribution in [0.2, 0.25) is 0 Å². The fraction of sp³-hybridized carbons (Fsp3) is 0.818. The van der Waals surface area contributed by atoms with Crippen molar-refractivity contribution in [1.29, 1.82) is 0 Å². The third-order valence-corrected chi connectivity index (χ3v) is 2.56. The predicted octanol–water partition coefficient (Wildman–Crippen LogP) is 1.86. The summed E-state index contributed by atoms with van der Waals surface area (Å²) in [4.78, 5) is 24.1. The van der Waals surface area contributed by atoms with E-state index in [1.807, 2.05) is 6.92 Å². The van der Waals surface area contributed by atoms with E-state index in [-0.39, 0.29) is 6.04 Å². The molecular weight excluding hydrogens is 210 g/mol. The molecule has 1 saturated heterocycles. The van der Waals surface area contributed by atoms with Crippen LogP contribution in [-0.4, -0.2) is 39.8 Å². The largest absolute Gasteiger partial charge is 0.480 e. The van der Waals surface area contributed by atoms with E-state index < -0.39 is 23.7 Å². The lowest BCUT2D eigenvalue weighted by Crippen LogP contribution is -2.46. The number of rotatable bonds is 1. The normalized spacial score (nSPS) is 25.6. The molecule has 0 saturated carbocycles. The van der Waals surface area contributed by atoms with Gasteiger partial charge in [-0.15, -0.1) is 0 Å². The summed E-state index contributed by atoms with van der Waals surface area (Å²) in [5.41, 5.74) is -0.595. The van der Waals surface area contributed by atoms with Crippen LogP contribution in [0.1, 0.15) is 40.5 Å². The summed E-state index contributed by atoms with van der Waals surface area (Å²) in [7, 11) is 0. The minimum Gasteiger partial charge on any atom is -0.480 e. The highest BCUT2D eigenvalue weighted by Gasteiger charge is 2.40. The first kappa shape index (κ1) is 12.8. The number of hydrogen-bond acceptors (Lipinski definition) is 3.